The standard InChI is InChI=1S/C8H17N3/c1-2-3-8(9)11-6-4-10-5-7-11/h2-3,8,10H,4-7,9H2,1H3. The van der Waals surface area contributed by atoms with Crippen LogP contribution >= 0.6 is 0 Å². The maximum atomic E-state index is 5.87. The highest BCUT2D eigenvalue weighted by molar-refractivity contribution is 4.90. The molecule has 1 fully saturated rings. The average molecular weight is 155 g/mol. The van der Waals surface area contributed by atoms with Gasteiger partial charge in [0, 0.05) is 26.2 Å². The van der Waals surface area contributed by atoms with Gasteiger partial charge in [-0.05, 0) is 6.92 Å². The number of nitrogens with one attached hydrogen (secondary N) is 1. The summed E-state index contributed by atoms with van der Waals surface area (Å²) in [7, 11) is 0. The molecule has 3 nitrogen and oxygen atoms in total. The molecule has 1 rings (SSSR count). The van der Waals surface area contributed by atoms with Crippen molar-refractivity contribution >= 4 is 0 Å². The van der Waals surface area contributed by atoms with Crippen LogP contribution in [0, 0.1) is 0 Å². The summed E-state index contributed by atoms with van der Waals surface area (Å²) >= 11 is 0. The summed E-state index contributed by atoms with van der Waals surface area (Å²) in [4.78, 5) is 2.27. The Morgan fingerprint density at radius 1 is 1.45 bits per heavy atom. The van der Waals surface area contributed by atoms with Gasteiger partial charge in [0.05, 0.1) is 6.17 Å². The monoisotopic (exact) mass is 155 g/mol. The number of rotatable bonds is 2. The Morgan fingerprint density at radius 2 is 2.09 bits per heavy atom. The van der Waals surface area contributed by atoms with E-state index in [0.717, 1.165) is 26.2 Å². The van der Waals surface area contributed by atoms with Gasteiger partial charge in [0.2, 0.25) is 0 Å². The van der Waals surface area contributed by atoms with E-state index in [4.69, 9.17) is 5.73 Å². The maximum Gasteiger partial charge on any atom is 0.0764 e. The fourth-order valence-corrected chi connectivity index (χ4v) is 1.30. The summed E-state index contributed by atoms with van der Waals surface area (Å²) < 4.78 is 0. The van der Waals surface area contributed by atoms with E-state index < -0.39 is 0 Å². The van der Waals surface area contributed by atoms with Gasteiger partial charge in [-0.15, -0.1) is 0 Å². The van der Waals surface area contributed by atoms with E-state index in [0.29, 0.717) is 0 Å². The van der Waals surface area contributed by atoms with Gasteiger partial charge in [-0.1, -0.05) is 12.2 Å². The van der Waals surface area contributed by atoms with Crippen molar-refractivity contribution in [2.24, 2.45) is 5.73 Å². The zero-order chi connectivity index (χ0) is 8.10. The minimum Gasteiger partial charge on any atom is -0.314 e. The molecule has 1 atom stereocenters. The molecular formula is C8H17N3. The van der Waals surface area contributed by atoms with Gasteiger partial charge in [0.15, 0.2) is 0 Å². The molecule has 11 heavy (non-hydrogen) atoms. The Hall–Kier alpha value is -0.380. The van der Waals surface area contributed by atoms with E-state index in [1.165, 1.54) is 0 Å². The van der Waals surface area contributed by atoms with Crippen LogP contribution < -0.4 is 11.1 Å². The molecule has 64 valence electrons. The van der Waals surface area contributed by atoms with Gasteiger partial charge >= 0.3 is 0 Å². The largest absolute Gasteiger partial charge is 0.314 e. The zero-order valence-electron chi connectivity index (χ0n) is 7.09. The number of nitrogens with zero attached hydrogens (tertiary/aromatic N) is 1. The molecule has 0 aromatic carbocycles. The lowest BCUT2D eigenvalue weighted by atomic mass is 10.3. The van der Waals surface area contributed by atoms with Gasteiger partial charge < -0.3 is 11.1 Å². The van der Waals surface area contributed by atoms with Crippen LogP contribution in [0.1, 0.15) is 6.92 Å². The molecule has 0 aliphatic carbocycles. The SMILES string of the molecule is CC=CC(N)N1CCNCC1. The molecule has 1 aliphatic rings. The zero-order valence-corrected chi connectivity index (χ0v) is 7.09. The van der Waals surface area contributed by atoms with E-state index in [1.807, 2.05) is 19.1 Å². The van der Waals surface area contributed by atoms with Gasteiger partial charge in [-0.2, -0.15) is 0 Å². The van der Waals surface area contributed by atoms with Gasteiger partial charge in [-0.25, -0.2) is 0 Å². The third-order valence-electron chi connectivity index (χ3n) is 1.96. The summed E-state index contributed by atoms with van der Waals surface area (Å²) in [5.74, 6) is 0. The summed E-state index contributed by atoms with van der Waals surface area (Å²) in [5.41, 5.74) is 5.87. The molecule has 3 heteroatoms. The molecule has 3 N–H and O–H groups in total. The van der Waals surface area contributed by atoms with E-state index in [9.17, 15) is 0 Å². The molecule has 0 bridgehead atoms. The molecule has 0 amide bonds. The Bertz CT molecular complexity index is 127. The Balaban J connectivity index is 2.32. The van der Waals surface area contributed by atoms with Gasteiger partial charge in [0.1, 0.15) is 0 Å². The first-order valence-electron chi connectivity index (χ1n) is 4.18. The van der Waals surface area contributed by atoms with E-state index >= 15 is 0 Å². The number of allylic oxidation sites excluding steroid dienone is 1. The summed E-state index contributed by atoms with van der Waals surface area (Å²) in [6.45, 7) is 6.25. The second kappa shape index (κ2) is 4.49. The molecule has 1 heterocycles. The smallest absolute Gasteiger partial charge is 0.0764 e. The number of piperazine rings is 1. The average Bonchev–Trinajstić information content (AvgIpc) is 2.07. The first kappa shape index (κ1) is 8.71. The van der Waals surface area contributed by atoms with Crippen molar-refractivity contribution in [3.05, 3.63) is 12.2 Å². The van der Waals surface area contributed by atoms with Crippen molar-refractivity contribution in [3.63, 3.8) is 0 Å². The fourth-order valence-electron chi connectivity index (χ4n) is 1.30. The van der Waals surface area contributed by atoms with Crippen molar-refractivity contribution in [3.8, 4) is 0 Å². The summed E-state index contributed by atoms with van der Waals surface area (Å²) in [6.07, 6.45) is 4.15. The maximum absolute atomic E-state index is 5.87. The predicted molar refractivity (Wildman–Crippen MR) is 47.2 cm³/mol. The van der Waals surface area contributed by atoms with E-state index in [1.54, 1.807) is 0 Å². The van der Waals surface area contributed by atoms with Crippen molar-refractivity contribution < 1.29 is 0 Å². The minimum atomic E-state index is 0.113. The molecular weight excluding hydrogens is 138 g/mol. The first-order valence-corrected chi connectivity index (χ1v) is 4.18. The summed E-state index contributed by atoms with van der Waals surface area (Å²) in [6, 6.07) is 0. The number of nitrogens with two attached hydrogens (primary N) is 1. The van der Waals surface area contributed by atoms with Crippen molar-refractivity contribution in [2.45, 2.75) is 13.1 Å². The molecule has 0 saturated carbocycles. The van der Waals surface area contributed by atoms with E-state index in [-0.39, 0.29) is 6.17 Å². The van der Waals surface area contributed by atoms with Crippen molar-refractivity contribution in [1.29, 1.82) is 0 Å². The Labute approximate surface area is 68.2 Å². The topological polar surface area (TPSA) is 41.3 Å². The van der Waals surface area contributed by atoms with Crippen LogP contribution in [0.2, 0.25) is 0 Å². The molecule has 1 aliphatic heterocycles. The quantitative estimate of drug-likeness (QED) is 0.540. The number of hydrogen-bond acceptors (Lipinski definition) is 3. The van der Waals surface area contributed by atoms with Crippen LogP contribution in [-0.4, -0.2) is 37.2 Å². The molecule has 0 spiro atoms. The highest BCUT2D eigenvalue weighted by atomic mass is 15.3. The van der Waals surface area contributed by atoms with Crippen LogP contribution in [0.5, 0.6) is 0 Å². The lowest BCUT2D eigenvalue weighted by Gasteiger charge is -2.30. The molecule has 0 aromatic heterocycles. The predicted octanol–water partition coefficient (Wildman–Crippen LogP) is -0.247. The molecule has 0 aromatic rings. The lowest BCUT2D eigenvalue weighted by Crippen LogP contribution is -2.51. The first-order chi connectivity index (χ1) is 5.34. The van der Waals surface area contributed by atoms with Gasteiger partial charge in [-0.3, -0.25) is 4.90 Å². The van der Waals surface area contributed by atoms with Crippen LogP contribution in [0.3, 0.4) is 0 Å². The normalized spacial score (nSPS) is 24.2. The third kappa shape index (κ3) is 2.61. The second-order valence-electron chi connectivity index (χ2n) is 2.80. The van der Waals surface area contributed by atoms with Crippen LogP contribution in [-0.2, 0) is 0 Å². The van der Waals surface area contributed by atoms with Crippen LogP contribution in [0.25, 0.3) is 0 Å². The highest BCUT2D eigenvalue weighted by Gasteiger charge is 2.13. The van der Waals surface area contributed by atoms with Crippen LogP contribution in [0.15, 0.2) is 12.2 Å². The lowest BCUT2D eigenvalue weighted by molar-refractivity contribution is 0.205. The fraction of sp³-hybridized carbons (Fsp3) is 0.750. The Morgan fingerprint density at radius 3 is 2.64 bits per heavy atom. The van der Waals surface area contributed by atoms with Gasteiger partial charge in [0.25, 0.3) is 0 Å². The second-order valence-corrected chi connectivity index (χ2v) is 2.80. The van der Waals surface area contributed by atoms with Crippen molar-refractivity contribution in [1.82, 2.24) is 10.2 Å². The molecule has 0 radical (unpaired) electrons. The molecule has 1 unspecified atom stereocenters. The molecule has 1 saturated heterocycles. The highest BCUT2D eigenvalue weighted by Crippen LogP contribution is 1.96. The van der Waals surface area contributed by atoms with E-state index in [2.05, 4.69) is 10.2 Å². The third-order valence-corrected chi connectivity index (χ3v) is 1.96. The van der Waals surface area contributed by atoms with Crippen LogP contribution in [0.4, 0.5) is 0 Å². The summed E-state index contributed by atoms with van der Waals surface area (Å²) in [5, 5.41) is 3.29. The van der Waals surface area contributed by atoms with Crippen molar-refractivity contribution in [2.75, 3.05) is 26.2 Å². The Kier molecular flexibility index (Phi) is 3.56. The minimum absolute atomic E-state index is 0.113. The number of hydrogen-bond donors (Lipinski definition) is 2.